The van der Waals surface area contributed by atoms with E-state index < -0.39 is 19.7 Å². The Morgan fingerprint density at radius 1 is 0.418 bits per heavy atom. The van der Waals surface area contributed by atoms with Crippen molar-refractivity contribution in [3.63, 3.8) is 0 Å². The lowest BCUT2D eigenvalue weighted by Gasteiger charge is -2.22. The number of hydrogen-bond donors (Lipinski definition) is 0. The van der Waals surface area contributed by atoms with Crippen molar-refractivity contribution in [2.24, 2.45) is 0 Å². The molecular weight excluding hydrogens is 937 g/mol. The topological polar surface area (TPSA) is 104 Å². The lowest BCUT2D eigenvalue weighted by atomic mass is 9.85. The molecule has 2 aromatic heterocycles. The van der Waals surface area contributed by atoms with Crippen LogP contribution >= 0.6 is 15.9 Å². The first-order valence-electron chi connectivity index (χ1n) is 22.1. The smallest absolute Gasteiger partial charge is 0.210 e. The first-order valence-corrected chi connectivity index (χ1v) is 25.9. The zero-order chi connectivity index (χ0) is 45.8. The molecule has 9 aromatic carbocycles. The maximum atomic E-state index is 14.1. The molecule has 11 aromatic rings. The first kappa shape index (κ1) is 41.3. The molecule has 4 heterocycles. The molecule has 2 aliphatic heterocycles. The van der Waals surface area contributed by atoms with Crippen LogP contribution in [0.25, 0.3) is 88.4 Å². The maximum Gasteiger partial charge on any atom is 0.210 e. The normalized spacial score (nSPS) is 13.9. The Morgan fingerprint density at radius 2 is 0.866 bits per heavy atom. The van der Waals surface area contributed by atoms with Gasteiger partial charge < -0.3 is 0 Å². The van der Waals surface area contributed by atoms with Gasteiger partial charge in [-0.2, -0.15) is 0 Å². The Bertz CT molecular complexity index is 4110. The molecule has 8 nitrogen and oxygen atoms in total. The van der Waals surface area contributed by atoms with Gasteiger partial charge in [0.1, 0.15) is 11.6 Å². The van der Waals surface area contributed by atoms with Crippen LogP contribution in [-0.2, 0) is 32.5 Å². The molecule has 0 saturated carbocycles. The molecule has 0 N–H and O–H groups in total. The summed E-state index contributed by atoms with van der Waals surface area (Å²) in [5.74, 6) is 1.72. The van der Waals surface area contributed by atoms with Gasteiger partial charge in [0, 0.05) is 17.3 Å². The highest BCUT2D eigenvalue weighted by atomic mass is 79.9. The summed E-state index contributed by atoms with van der Waals surface area (Å²) in [7, 11) is -7.28. The summed E-state index contributed by atoms with van der Waals surface area (Å²) in [5.41, 5.74) is 10.6. The predicted octanol–water partition coefficient (Wildman–Crippen LogP) is 13.5. The van der Waals surface area contributed by atoms with Crippen molar-refractivity contribution in [2.45, 2.75) is 46.3 Å². The minimum atomic E-state index is -3.76. The third-order valence-electron chi connectivity index (χ3n) is 13.1. The SMILES string of the molecule is CCc1nc2cccc3c2n1-c1ccc(-c2ccc4c(-c5ccccc5)c5ccccc5c(-c5ccccc5)c4c2)cc1S3(=O)=O.CCc1nc2cccc3c2n1-c1ccc(Br)cc1S3(=O)=O. The van der Waals surface area contributed by atoms with Crippen LogP contribution in [0, 0.1) is 0 Å². The average molecular weight is 976 g/mol. The molecule has 11 heteroatoms. The highest BCUT2D eigenvalue weighted by molar-refractivity contribution is 9.10. The van der Waals surface area contributed by atoms with Crippen LogP contribution in [0.4, 0.5) is 0 Å². The standard InChI is InChI=1S/C41H28N2O2S.C15H11BrN2O2S/c1-2-38-42-34-18-11-19-36-41(34)43(38)35-23-21-29(25-37(35)46(36,44)45)28-20-22-32-33(24-28)40(27-14-7-4-8-15-27)31-17-10-9-16-30(31)39(32)26-12-5-3-6-13-26;1-2-14-17-10-4-3-5-12-15(10)18(14)11-7-6-9(16)8-13(11)21(12,19)20/h3-25H,2H2,1H3;3-8H,2H2,1H3. The number of imidazole rings is 2. The Hall–Kier alpha value is -7.18. The van der Waals surface area contributed by atoms with Crippen LogP contribution in [0.5, 0.6) is 0 Å². The first-order chi connectivity index (χ1) is 32.6. The van der Waals surface area contributed by atoms with Crippen molar-refractivity contribution in [3.05, 3.63) is 192 Å². The lowest BCUT2D eigenvalue weighted by Crippen LogP contribution is -2.16. The summed E-state index contributed by atoms with van der Waals surface area (Å²) in [6.07, 6.45) is 1.43. The second kappa shape index (κ2) is 15.4. The predicted molar refractivity (Wildman–Crippen MR) is 271 cm³/mol. The summed E-state index contributed by atoms with van der Waals surface area (Å²) in [4.78, 5) is 10.6. The second-order valence-corrected chi connectivity index (χ2v) is 21.5. The molecule has 2 aliphatic rings. The summed E-state index contributed by atoms with van der Waals surface area (Å²) in [6, 6.07) is 58.0. The molecule has 0 atom stereocenters. The van der Waals surface area contributed by atoms with E-state index in [0.717, 1.165) is 61.1 Å². The fourth-order valence-electron chi connectivity index (χ4n) is 10.1. The third kappa shape index (κ3) is 6.21. The van der Waals surface area contributed by atoms with E-state index in [-0.39, 0.29) is 0 Å². The van der Waals surface area contributed by atoms with Crippen LogP contribution in [-0.4, -0.2) is 35.9 Å². The van der Waals surface area contributed by atoms with Crippen LogP contribution in [0.3, 0.4) is 0 Å². The number of sulfone groups is 2. The van der Waals surface area contributed by atoms with Crippen LogP contribution < -0.4 is 0 Å². The summed E-state index contributed by atoms with van der Waals surface area (Å²) < 4.78 is 58.7. The van der Waals surface area contributed by atoms with Crippen molar-refractivity contribution in [1.82, 2.24) is 19.1 Å². The van der Waals surface area contributed by atoms with E-state index in [1.165, 1.54) is 21.9 Å². The molecule has 0 amide bonds. The number of hydrogen-bond acceptors (Lipinski definition) is 6. The van der Waals surface area contributed by atoms with Crippen molar-refractivity contribution in [3.8, 4) is 44.8 Å². The van der Waals surface area contributed by atoms with E-state index in [2.05, 4.69) is 112 Å². The van der Waals surface area contributed by atoms with E-state index in [1.54, 1.807) is 30.3 Å². The van der Waals surface area contributed by atoms with E-state index in [1.807, 2.05) is 77.6 Å². The Morgan fingerprint density at radius 3 is 1.40 bits per heavy atom. The number of para-hydroxylation sites is 2. The largest absolute Gasteiger partial charge is 0.294 e. The van der Waals surface area contributed by atoms with Gasteiger partial charge in [0.05, 0.1) is 53.0 Å². The molecule has 0 radical (unpaired) electrons. The van der Waals surface area contributed by atoms with Gasteiger partial charge in [-0.05, 0) is 116 Å². The molecule has 0 fully saturated rings. The van der Waals surface area contributed by atoms with Gasteiger partial charge in [-0.15, -0.1) is 0 Å². The highest BCUT2D eigenvalue weighted by Gasteiger charge is 2.35. The highest BCUT2D eigenvalue weighted by Crippen LogP contribution is 2.46. The lowest BCUT2D eigenvalue weighted by molar-refractivity contribution is 0.592. The van der Waals surface area contributed by atoms with Crippen molar-refractivity contribution >= 4 is 79.2 Å². The van der Waals surface area contributed by atoms with E-state index >= 15 is 0 Å². The number of aryl methyl sites for hydroxylation is 2. The van der Waals surface area contributed by atoms with E-state index in [0.29, 0.717) is 53.9 Å². The zero-order valence-corrected chi connectivity index (χ0v) is 39.5. The fourth-order valence-corrected chi connectivity index (χ4v) is 14.0. The van der Waals surface area contributed by atoms with E-state index in [4.69, 9.17) is 4.98 Å². The van der Waals surface area contributed by atoms with Gasteiger partial charge in [-0.1, -0.05) is 145 Å². The molecule has 0 saturated heterocycles. The monoisotopic (exact) mass is 974 g/mol. The molecule has 0 bridgehead atoms. The van der Waals surface area contributed by atoms with Crippen LogP contribution in [0.15, 0.2) is 200 Å². The molecule has 67 heavy (non-hydrogen) atoms. The number of fused-ring (bicyclic) bond motifs is 6. The number of rotatable bonds is 5. The summed E-state index contributed by atoms with van der Waals surface area (Å²) >= 11 is 3.36. The molecule has 13 rings (SSSR count). The Kier molecular flexibility index (Phi) is 9.52. The molecule has 0 unspecified atom stereocenters. The van der Waals surface area contributed by atoms with Crippen molar-refractivity contribution < 1.29 is 16.8 Å². The van der Waals surface area contributed by atoms with Gasteiger partial charge in [0.15, 0.2) is 0 Å². The summed E-state index contributed by atoms with van der Waals surface area (Å²) in [5, 5.41) is 4.65. The number of nitrogens with zero attached hydrogens (tertiary/aromatic N) is 4. The average Bonchev–Trinajstić information content (AvgIpc) is 3.94. The van der Waals surface area contributed by atoms with Crippen LogP contribution in [0.2, 0.25) is 0 Å². The molecule has 0 spiro atoms. The Balaban J connectivity index is 0.000000186. The van der Waals surface area contributed by atoms with Gasteiger partial charge >= 0.3 is 0 Å². The second-order valence-electron chi connectivity index (χ2n) is 16.8. The van der Waals surface area contributed by atoms with Crippen LogP contribution in [0.1, 0.15) is 25.5 Å². The third-order valence-corrected chi connectivity index (χ3v) is 17.2. The van der Waals surface area contributed by atoms with Gasteiger partial charge in [0.2, 0.25) is 19.7 Å². The molecular formula is C56H39BrN4O4S2. The fraction of sp³-hybridized carbons (Fsp3) is 0.0714. The van der Waals surface area contributed by atoms with Gasteiger partial charge in [-0.25, -0.2) is 26.8 Å². The number of halogens is 1. The maximum absolute atomic E-state index is 14.1. The number of benzene rings is 9. The van der Waals surface area contributed by atoms with Gasteiger partial charge in [0.25, 0.3) is 0 Å². The van der Waals surface area contributed by atoms with Crippen molar-refractivity contribution in [1.29, 1.82) is 0 Å². The minimum absolute atomic E-state index is 0.310. The molecule has 326 valence electrons. The van der Waals surface area contributed by atoms with Gasteiger partial charge in [-0.3, -0.25) is 9.13 Å². The minimum Gasteiger partial charge on any atom is -0.294 e. The van der Waals surface area contributed by atoms with E-state index in [9.17, 15) is 16.8 Å². The Labute approximate surface area is 395 Å². The number of aromatic nitrogens is 4. The quantitative estimate of drug-likeness (QED) is 0.159. The zero-order valence-electron chi connectivity index (χ0n) is 36.3. The van der Waals surface area contributed by atoms with Crippen molar-refractivity contribution in [2.75, 3.05) is 0 Å². The summed E-state index contributed by atoms with van der Waals surface area (Å²) in [6.45, 7) is 4.07. The molecule has 0 aliphatic carbocycles.